The van der Waals surface area contributed by atoms with E-state index in [-0.39, 0.29) is 11.8 Å². The zero-order valence-corrected chi connectivity index (χ0v) is 15.6. The highest BCUT2D eigenvalue weighted by molar-refractivity contribution is 6.26. The first-order chi connectivity index (χ1) is 13.1. The van der Waals surface area contributed by atoms with Gasteiger partial charge in [0, 0.05) is 48.2 Å². The molecule has 0 spiro atoms. The Bertz CT molecular complexity index is 1000. The summed E-state index contributed by atoms with van der Waals surface area (Å²) in [5.41, 5.74) is 3.46. The molecule has 0 N–H and O–H groups in total. The average Bonchev–Trinajstić information content (AvgIpc) is 2.69. The van der Waals surface area contributed by atoms with Crippen molar-refractivity contribution < 1.29 is 9.59 Å². The molecule has 2 amide bonds. The van der Waals surface area contributed by atoms with E-state index < -0.39 is 0 Å². The van der Waals surface area contributed by atoms with Crippen molar-refractivity contribution in [1.29, 1.82) is 0 Å². The zero-order chi connectivity index (χ0) is 19.0. The Balaban J connectivity index is 1.65. The van der Waals surface area contributed by atoms with Crippen LogP contribution in [0.2, 0.25) is 0 Å². The standard InChI is InChI=1S/C23H22N2O2/c1-24(2)20-14-13-19-21-17(20)11-6-12-18(21)22(26)25(23(19)27)15-7-10-16-8-4-3-5-9-16/h3-6,8-9,11-14H,7,10,15H2,1-2H3. The first kappa shape index (κ1) is 17.3. The van der Waals surface area contributed by atoms with Crippen LogP contribution in [0, 0.1) is 0 Å². The minimum atomic E-state index is -0.193. The summed E-state index contributed by atoms with van der Waals surface area (Å²) in [6, 6.07) is 19.6. The quantitative estimate of drug-likeness (QED) is 0.644. The molecule has 3 aromatic rings. The van der Waals surface area contributed by atoms with Crippen LogP contribution in [-0.4, -0.2) is 37.4 Å². The number of hydrogen-bond donors (Lipinski definition) is 0. The number of rotatable bonds is 5. The molecule has 0 aromatic heterocycles. The van der Waals surface area contributed by atoms with E-state index in [9.17, 15) is 9.59 Å². The fourth-order valence-electron chi connectivity index (χ4n) is 3.81. The number of benzene rings is 3. The van der Waals surface area contributed by atoms with E-state index in [1.165, 1.54) is 10.5 Å². The summed E-state index contributed by atoms with van der Waals surface area (Å²) in [6.45, 7) is 0.428. The van der Waals surface area contributed by atoms with Gasteiger partial charge in [0.1, 0.15) is 0 Å². The normalized spacial score (nSPS) is 13.3. The number of nitrogens with zero attached hydrogens (tertiary/aromatic N) is 2. The Kier molecular flexibility index (Phi) is 4.40. The lowest BCUT2D eigenvalue weighted by Gasteiger charge is -2.28. The second-order valence-electron chi connectivity index (χ2n) is 7.11. The van der Waals surface area contributed by atoms with Gasteiger partial charge in [-0.25, -0.2) is 0 Å². The zero-order valence-electron chi connectivity index (χ0n) is 15.6. The van der Waals surface area contributed by atoms with Crippen LogP contribution in [0.3, 0.4) is 0 Å². The summed E-state index contributed by atoms with van der Waals surface area (Å²) in [4.78, 5) is 29.5. The van der Waals surface area contributed by atoms with E-state index in [0.29, 0.717) is 17.7 Å². The van der Waals surface area contributed by atoms with Crippen LogP contribution in [0.1, 0.15) is 32.7 Å². The predicted molar refractivity (Wildman–Crippen MR) is 108 cm³/mol. The molecule has 4 rings (SSSR count). The Morgan fingerprint density at radius 3 is 2.22 bits per heavy atom. The molecule has 136 valence electrons. The van der Waals surface area contributed by atoms with Crippen molar-refractivity contribution in [3.8, 4) is 0 Å². The smallest absolute Gasteiger partial charge is 0.261 e. The van der Waals surface area contributed by atoms with Gasteiger partial charge in [-0.1, -0.05) is 42.5 Å². The van der Waals surface area contributed by atoms with Crippen molar-refractivity contribution in [2.45, 2.75) is 12.8 Å². The second-order valence-corrected chi connectivity index (χ2v) is 7.11. The molecule has 4 heteroatoms. The van der Waals surface area contributed by atoms with Crippen LogP contribution in [0.25, 0.3) is 10.8 Å². The van der Waals surface area contributed by atoms with Gasteiger partial charge in [0.2, 0.25) is 0 Å². The van der Waals surface area contributed by atoms with Crippen LogP contribution in [-0.2, 0) is 6.42 Å². The minimum absolute atomic E-state index is 0.193. The van der Waals surface area contributed by atoms with Crippen LogP contribution >= 0.6 is 0 Å². The summed E-state index contributed by atoms with van der Waals surface area (Å²) >= 11 is 0. The number of aryl methyl sites for hydroxylation is 1. The van der Waals surface area contributed by atoms with Crippen molar-refractivity contribution in [2.24, 2.45) is 0 Å². The fraction of sp³-hybridized carbons (Fsp3) is 0.217. The molecule has 0 radical (unpaired) electrons. The number of amides is 2. The van der Waals surface area contributed by atoms with E-state index in [1.807, 2.05) is 67.5 Å². The molecule has 1 heterocycles. The second kappa shape index (κ2) is 6.88. The maximum Gasteiger partial charge on any atom is 0.261 e. The van der Waals surface area contributed by atoms with Gasteiger partial charge in [-0.15, -0.1) is 0 Å². The van der Waals surface area contributed by atoms with Crippen molar-refractivity contribution in [3.05, 3.63) is 77.4 Å². The molecule has 0 aliphatic carbocycles. The molecule has 0 fully saturated rings. The SMILES string of the molecule is CN(C)c1ccc2c3c(cccc13)C(=O)N(CCCc1ccccc1)C2=O. The molecule has 0 saturated heterocycles. The third-order valence-corrected chi connectivity index (χ3v) is 5.14. The highest BCUT2D eigenvalue weighted by Crippen LogP contribution is 2.35. The maximum absolute atomic E-state index is 13.0. The molecule has 4 nitrogen and oxygen atoms in total. The lowest BCUT2D eigenvalue weighted by molar-refractivity contribution is 0.0609. The fourth-order valence-corrected chi connectivity index (χ4v) is 3.81. The Morgan fingerprint density at radius 2 is 1.52 bits per heavy atom. The van der Waals surface area contributed by atoms with Crippen molar-refractivity contribution >= 4 is 28.3 Å². The number of anilines is 1. The summed E-state index contributed by atoms with van der Waals surface area (Å²) < 4.78 is 0. The van der Waals surface area contributed by atoms with Crippen molar-refractivity contribution in [1.82, 2.24) is 4.90 Å². The lowest BCUT2D eigenvalue weighted by atomic mass is 9.92. The van der Waals surface area contributed by atoms with Gasteiger partial charge < -0.3 is 4.90 Å². The van der Waals surface area contributed by atoms with Gasteiger partial charge in [-0.2, -0.15) is 0 Å². The van der Waals surface area contributed by atoms with E-state index in [4.69, 9.17) is 0 Å². The van der Waals surface area contributed by atoms with Crippen LogP contribution in [0.4, 0.5) is 5.69 Å². The van der Waals surface area contributed by atoms with Gasteiger partial charge in [-0.05, 0) is 36.6 Å². The van der Waals surface area contributed by atoms with E-state index >= 15 is 0 Å². The third-order valence-electron chi connectivity index (χ3n) is 5.14. The number of hydrogen-bond acceptors (Lipinski definition) is 3. The molecule has 27 heavy (non-hydrogen) atoms. The Labute approximate surface area is 159 Å². The number of carbonyl (C=O) groups is 2. The topological polar surface area (TPSA) is 40.6 Å². The molecule has 0 atom stereocenters. The molecular formula is C23H22N2O2. The average molecular weight is 358 g/mol. The summed E-state index contributed by atoms with van der Waals surface area (Å²) in [5.74, 6) is -0.385. The van der Waals surface area contributed by atoms with Gasteiger partial charge in [0.05, 0.1) is 0 Å². The van der Waals surface area contributed by atoms with Gasteiger partial charge >= 0.3 is 0 Å². The number of imide groups is 1. The van der Waals surface area contributed by atoms with E-state index in [0.717, 1.165) is 29.3 Å². The number of carbonyl (C=O) groups excluding carboxylic acids is 2. The van der Waals surface area contributed by atoms with E-state index in [1.54, 1.807) is 0 Å². The molecule has 0 unspecified atom stereocenters. The first-order valence-electron chi connectivity index (χ1n) is 9.21. The molecule has 3 aromatic carbocycles. The summed E-state index contributed by atoms with van der Waals surface area (Å²) in [6.07, 6.45) is 1.59. The van der Waals surface area contributed by atoms with Crippen LogP contribution in [0.15, 0.2) is 60.7 Å². The maximum atomic E-state index is 13.0. The lowest BCUT2D eigenvalue weighted by Crippen LogP contribution is -2.41. The van der Waals surface area contributed by atoms with Gasteiger partial charge in [0.25, 0.3) is 11.8 Å². The molecule has 0 saturated carbocycles. The third kappa shape index (κ3) is 2.97. The van der Waals surface area contributed by atoms with Crippen molar-refractivity contribution in [2.75, 3.05) is 25.5 Å². The minimum Gasteiger partial charge on any atom is -0.377 e. The monoisotopic (exact) mass is 358 g/mol. The molecule has 1 aliphatic heterocycles. The Morgan fingerprint density at radius 1 is 0.815 bits per heavy atom. The van der Waals surface area contributed by atoms with Gasteiger partial charge in [-0.3, -0.25) is 14.5 Å². The van der Waals surface area contributed by atoms with Gasteiger partial charge in [0.15, 0.2) is 0 Å². The van der Waals surface area contributed by atoms with E-state index in [2.05, 4.69) is 12.1 Å². The molecule has 0 bridgehead atoms. The Hall–Kier alpha value is -3.14. The van der Waals surface area contributed by atoms with Crippen LogP contribution in [0.5, 0.6) is 0 Å². The highest BCUT2D eigenvalue weighted by atomic mass is 16.2. The molecular weight excluding hydrogens is 336 g/mol. The summed E-state index contributed by atoms with van der Waals surface area (Å²) in [7, 11) is 3.93. The molecule has 1 aliphatic rings. The van der Waals surface area contributed by atoms with Crippen LogP contribution < -0.4 is 4.90 Å². The summed E-state index contributed by atoms with van der Waals surface area (Å²) in [5, 5.41) is 1.72. The highest BCUT2D eigenvalue weighted by Gasteiger charge is 2.32. The largest absolute Gasteiger partial charge is 0.377 e. The first-order valence-corrected chi connectivity index (χ1v) is 9.21. The predicted octanol–water partition coefficient (Wildman–Crippen LogP) is 4.13. The van der Waals surface area contributed by atoms with Crippen molar-refractivity contribution in [3.63, 3.8) is 0 Å².